The Balaban J connectivity index is 1.12. The maximum absolute atomic E-state index is 12.7. The van der Waals surface area contributed by atoms with E-state index in [1.165, 1.54) is 5.69 Å². The van der Waals surface area contributed by atoms with Gasteiger partial charge in [-0.2, -0.15) is 9.97 Å². The van der Waals surface area contributed by atoms with Crippen molar-refractivity contribution in [2.24, 2.45) is 0 Å². The average Bonchev–Trinajstić information content (AvgIpc) is 4.05. The van der Waals surface area contributed by atoms with Crippen LogP contribution in [0.3, 0.4) is 0 Å². The number of carbonyl (C=O) groups excluding carboxylic acids is 1. The quantitative estimate of drug-likeness (QED) is 0.0915. The third-order valence-corrected chi connectivity index (χ3v) is 23.2. The van der Waals surface area contributed by atoms with Gasteiger partial charge in [-0.3, -0.25) is 9.36 Å². The van der Waals surface area contributed by atoms with E-state index in [2.05, 4.69) is 112 Å². The lowest BCUT2D eigenvalue weighted by atomic mass is 10.0. The lowest BCUT2D eigenvalue weighted by Crippen LogP contribution is -2.48. The summed E-state index contributed by atoms with van der Waals surface area (Å²) in [7, 11) is -2.17. The summed E-state index contributed by atoms with van der Waals surface area (Å²) in [5.74, 6) is 1.30. The molecule has 2 saturated heterocycles. The Morgan fingerprint density at radius 2 is 1.50 bits per heavy atom. The predicted octanol–water partition coefficient (Wildman–Crippen LogP) is 10.4. The molecule has 3 unspecified atom stereocenters. The Morgan fingerprint density at radius 1 is 0.838 bits per heavy atom. The van der Waals surface area contributed by atoms with Crippen molar-refractivity contribution in [2.45, 2.75) is 123 Å². The maximum Gasteiger partial charge on any atom is 0.248 e. The number of hydrogen-bond acceptors (Lipinski definition) is 14. The van der Waals surface area contributed by atoms with Gasteiger partial charge in [0.15, 0.2) is 27.8 Å². The van der Waals surface area contributed by atoms with Crippen molar-refractivity contribution in [1.82, 2.24) is 34.6 Å². The van der Waals surface area contributed by atoms with E-state index in [0.717, 1.165) is 42.9 Å². The number of ether oxygens (including phenoxy) is 2. The molecule has 0 radical (unpaired) electrons. The number of fused-ring (bicyclic) bond motifs is 1. The summed E-state index contributed by atoms with van der Waals surface area (Å²) in [5, 5.41) is 12.4. The normalized spacial score (nSPS) is 18.6. The maximum atomic E-state index is 12.7. The van der Waals surface area contributed by atoms with Crippen LogP contribution in [-0.4, -0.2) is 109 Å². The molecule has 3 atom stereocenters. The van der Waals surface area contributed by atoms with Crippen molar-refractivity contribution in [3.8, 4) is 28.8 Å². The molecule has 0 aliphatic carbocycles. The summed E-state index contributed by atoms with van der Waals surface area (Å²) >= 11 is 0. The molecule has 2 aliphatic heterocycles. The lowest BCUT2D eigenvalue weighted by Gasteiger charge is -2.40. The van der Waals surface area contributed by atoms with E-state index in [4.69, 9.17) is 37.7 Å². The molecule has 6 aromatic rings. The third-order valence-electron chi connectivity index (χ3n) is 14.2. The zero-order valence-electron chi connectivity index (χ0n) is 41.9. The van der Waals surface area contributed by atoms with Gasteiger partial charge in [0, 0.05) is 61.5 Å². The molecule has 2 aliphatic rings. The number of likely N-dealkylation sites (N-methyl/N-ethyl adjacent to an activating group) is 1. The smallest absolute Gasteiger partial charge is 0.248 e. The van der Waals surface area contributed by atoms with Gasteiger partial charge in [0.25, 0.3) is 0 Å². The average molecular weight is 960 g/mol. The van der Waals surface area contributed by atoms with Gasteiger partial charge in [0.05, 0.1) is 19.0 Å². The van der Waals surface area contributed by atoms with Crippen LogP contribution in [0.4, 0.5) is 17.3 Å². The Kier molecular flexibility index (Phi) is 14.2. The van der Waals surface area contributed by atoms with Gasteiger partial charge in [-0.15, -0.1) is 10.2 Å². The van der Waals surface area contributed by atoms with Gasteiger partial charge in [0.2, 0.25) is 23.6 Å². The highest BCUT2D eigenvalue weighted by Crippen LogP contribution is 2.43. The van der Waals surface area contributed by atoms with Crippen molar-refractivity contribution in [1.29, 1.82) is 0 Å². The van der Waals surface area contributed by atoms with E-state index in [1.54, 1.807) is 13.3 Å². The van der Waals surface area contributed by atoms with Crippen molar-refractivity contribution in [3.63, 3.8) is 0 Å². The molecule has 0 spiro atoms. The highest BCUT2D eigenvalue weighted by atomic mass is 28.4. The molecule has 2 fully saturated rings. The van der Waals surface area contributed by atoms with Crippen LogP contribution in [0.2, 0.25) is 36.3 Å². The largest absolute Gasteiger partial charge is 0.471 e. The lowest BCUT2D eigenvalue weighted by molar-refractivity contribution is -0.116. The van der Waals surface area contributed by atoms with Gasteiger partial charge in [-0.1, -0.05) is 77.9 Å². The van der Waals surface area contributed by atoms with Gasteiger partial charge in [-0.25, -0.2) is 4.98 Å². The van der Waals surface area contributed by atoms with E-state index < -0.39 is 22.9 Å². The van der Waals surface area contributed by atoms with Crippen LogP contribution in [0, 0.1) is 0 Å². The standard InChI is InChI=1S/C51H69N9O6Si2/c1-34(61)28-37-18-19-38(47-57-56-46(65-47)36-20-22-39(23-21-36)59-26-24-58(8)25-27-59)29-40(37)53-49-54-45-44(48(55-49)62-31-35-16-14-13-15-17-35)52-33-60(45)43-30-41(66-68(11,12)51(5,6)7)42(64-43)32-63-67(9,10)50(2,3)4/h13-23,29,33,41-43H,24-28,30-32H2,1-12H3,(H,53,54,55). The van der Waals surface area contributed by atoms with Gasteiger partial charge >= 0.3 is 0 Å². The molecule has 0 bridgehead atoms. The summed E-state index contributed by atoms with van der Waals surface area (Å²) < 4.78 is 35.6. The van der Waals surface area contributed by atoms with Crippen molar-refractivity contribution >= 4 is 50.9 Å². The van der Waals surface area contributed by atoms with Crippen LogP contribution in [0.5, 0.6) is 5.88 Å². The molecule has 15 nitrogen and oxygen atoms in total. The van der Waals surface area contributed by atoms with E-state index >= 15 is 0 Å². The molecule has 362 valence electrons. The fourth-order valence-corrected chi connectivity index (χ4v) is 10.3. The Labute approximate surface area is 403 Å². The molecule has 8 rings (SSSR count). The molecule has 0 saturated carbocycles. The summed E-state index contributed by atoms with van der Waals surface area (Å²) in [4.78, 5) is 32.2. The number of nitrogens with one attached hydrogen (secondary N) is 1. The number of imidazole rings is 1. The molecule has 0 amide bonds. The zero-order chi connectivity index (χ0) is 48.6. The van der Waals surface area contributed by atoms with Gasteiger partial charge in [0.1, 0.15) is 24.7 Å². The fraction of sp³-hybridized carbons (Fsp3) is 0.490. The number of nitrogens with zero attached hydrogens (tertiary/aromatic N) is 8. The number of Topliss-reactive ketones (excluding diaryl/α,β-unsaturated/α-hetero) is 1. The highest BCUT2D eigenvalue weighted by Gasteiger charge is 2.47. The highest BCUT2D eigenvalue weighted by molar-refractivity contribution is 6.74. The Morgan fingerprint density at radius 3 is 2.16 bits per heavy atom. The Bertz CT molecular complexity index is 2690. The monoisotopic (exact) mass is 959 g/mol. The van der Waals surface area contributed by atoms with Crippen molar-refractivity contribution < 1.29 is 27.5 Å². The fourth-order valence-electron chi connectivity index (χ4n) is 7.90. The van der Waals surface area contributed by atoms with Crippen LogP contribution in [0.25, 0.3) is 34.1 Å². The Hall–Kier alpha value is -5.31. The van der Waals surface area contributed by atoms with Crippen LogP contribution < -0.4 is 15.0 Å². The second-order valence-electron chi connectivity index (χ2n) is 21.4. The van der Waals surface area contributed by atoms with E-state index in [1.807, 2.05) is 65.2 Å². The molecule has 1 N–H and O–H groups in total. The molecule has 3 aromatic heterocycles. The van der Waals surface area contributed by atoms with E-state index in [-0.39, 0.29) is 47.0 Å². The SMILES string of the molecule is CC(=O)Cc1ccc(-c2nnc(-c3ccc(N4CCN(C)CC4)cc3)o2)cc1Nc1nc(OCc2ccccc2)c2ncn(C3CC(O[Si](C)(C)C(C)(C)C)C(CO[Si](C)(C)C(C)(C)C)O3)c2n1. The summed E-state index contributed by atoms with van der Waals surface area (Å²) in [5.41, 5.74) is 6.01. The van der Waals surface area contributed by atoms with Gasteiger partial charge in [-0.05, 0) is 97.8 Å². The summed E-state index contributed by atoms with van der Waals surface area (Å²) in [6.45, 7) is 28.9. The number of carbonyl (C=O) groups is 1. The molecule has 17 heteroatoms. The first-order valence-corrected chi connectivity index (χ1v) is 29.6. The number of anilines is 3. The number of rotatable bonds is 16. The minimum Gasteiger partial charge on any atom is -0.471 e. The number of hydrogen-bond donors (Lipinski definition) is 1. The van der Waals surface area contributed by atoms with Crippen molar-refractivity contribution in [2.75, 3.05) is 50.1 Å². The summed E-state index contributed by atoms with van der Waals surface area (Å²) in [6, 6.07) is 23.8. The second-order valence-corrected chi connectivity index (χ2v) is 31.0. The molecule has 5 heterocycles. The van der Waals surface area contributed by atoms with Crippen LogP contribution in [0.15, 0.2) is 83.5 Å². The number of benzene rings is 3. The zero-order valence-corrected chi connectivity index (χ0v) is 43.9. The first-order chi connectivity index (χ1) is 32.1. The molecular weight excluding hydrogens is 891 g/mol. The first kappa shape index (κ1) is 49.1. The number of piperazine rings is 1. The van der Waals surface area contributed by atoms with E-state index in [0.29, 0.717) is 53.1 Å². The molecular formula is C51H69N9O6Si2. The minimum absolute atomic E-state index is 0.00201. The van der Waals surface area contributed by atoms with Crippen LogP contribution in [0.1, 0.15) is 72.2 Å². The first-order valence-electron chi connectivity index (χ1n) is 23.8. The van der Waals surface area contributed by atoms with Gasteiger partial charge < -0.3 is 37.9 Å². The summed E-state index contributed by atoms with van der Waals surface area (Å²) in [6.07, 6.45) is 1.53. The number of ketones is 1. The predicted molar refractivity (Wildman–Crippen MR) is 272 cm³/mol. The van der Waals surface area contributed by atoms with E-state index in [9.17, 15) is 4.79 Å². The third kappa shape index (κ3) is 11.1. The second kappa shape index (κ2) is 19.6. The van der Waals surface area contributed by atoms with Crippen LogP contribution >= 0.6 is 0 Å². The molecule has 3 aromatic carbocycles. The van der Waals surface area contributed by atoms with Crippen LogP contribution in [-0.2, 0) is 31.4 Å². The minimum atomic E-state index is -2.21. The van der Waals surface area contributed by atoms with Crippen molar-refractivity contribution in [3.05, 3.63) is 90.3 Å². The molecule has 68 heavy (non-hydrogen) atoms. The topological polar surface area (TPSA) is 155 Å². The number of aromatic nitrogens is 6.